The van der Waals surface area contributed by atoms with Crippen LogP contribution in [0.25, 0.3) is 0 Å². The predicted octanol–water partition coefficient (Wildman–Crippen LogP) is 4.48. The highest BCUT2D eigenvalue weighted by Gasteiger charge is 2.16. The molecule has 2 N–H and O–H groups in total. The van der Waals surface area contributed by atoms with Crippen LogP contribution in [0.3, 0.4) is 0 Å². The number of anilines is 1. The molecule has 0 fully saturated rings. The van der Waals surface area contributed by atoms with Crippen LogP contribution in [0.15, 0.2) is 60.3 Å². The second-order valence-electron chi connectivity index (χ2n) is 6.49. The highest BCUT2D eigenvalue weighted by molar-refractivity contribution is 6.30. The SMILES string of the molecule is CCCCOC(=O)c1ccccc1NC(=O)/C(C#N)=C\NCCc1cccc(Cl)c1. The summed E-state index contributed by atoms with van der Waals surface area (Å²) in [6, 6.07) is 15.9. The van der Waals surface area contributed by atoms with Crippen molar-refractivity contribution in [2.45, 2.75) is 26.2 Å². The number of halogens is 1. The minimum Gasteiger partial charge on any atom is -0.462 e. The lowest BCUT2D eigenvalue weighted by Gasteiger charge is -2.10. The molecule has 0 aliphatic carbocycles. The number of carbonyl (C=O) groups is 2. The fourth-order valence-corrected chi connectivity index (χ4v) is 2.79. The summed E-state index contributed by atoms with van der Waals surface area (Å²) in [6.45, 7) is 2.84. The molecule has 0 aromatic heterocycles. The van der Waals surface area contributed by atoms with E-state index in [0.717, 1.165) is 18.4 Å². The fourth-order valence-electron chi connectivity index (χ4n) is 2.58. The summed E-state index contributed by atoms with van der Waals surface area (Å²) in [7, 11) is 0. The molecule has 156 valence electrons. The summed E-state index contributed by atoms with van der Waals surface area (Å²) < 4.78 is 5.22. The number of benzene rings is 2. The molecule has 0 aliphatic rings. The number of nitrogens with zero attached hydrogens (tertiary/aromatic N) is 1. The van der Waals surface area contributed by atoms with Gasteiger partial charge in [-0.2, -0.15) is 5.26 Å². The average Bonchev–Trinajstić information content (AvgIpc) is 2.74. The summed E-state index contributed by atoms with van der Waals surface area (Å²) in [5.74, 6) is -1.12. The van der Waals surface area contributed by atoms with Gasteiger partial charge in [-0.05, 0) is 42.7 Å². The summed E-state index contributed by atoms with van der Waals surface area (Å²) in [5.41, 5.74) is 1.48. The number of ether oxygens (including phenoxy) is 1. The number of hydrogen-bond acceptors (Lipinski definition) is 5. The number of nitriles is 1. The lowest BCUT2D eigenvalue weighted by molar-refractivity contribution is -0.112. The van der Waals surface area contributed by atoms with E-state index in [4.69, 9.17) is 16.3 Å². The Bertz CT molecular complexity index is 951. The Morgan fingerprint density at radius 3 is 2.73 bits per heavy atom. The molecule has 0 radical (unpaired) electrons. The fraction of sp³-hybridized carbons (Fsp3) is 0.261. The number of para-hydroxylation sites is 1. The van der Waals surface area contributed by atoms with E-state index in [2.05, 4.69) is 10.6 Å². The molecule has 0 spiro atoms. The summed E-state index contributed by atoms with van der Waals surface area (Å²) in [6.07, 6.45) is 3.72. The van der Waals surface area contributed by atoms with Gasteiger partial charge in [0.2, 0.25) is 0 Å². The molecular weight excluding hydrogens is 402 g/mol. The molecule has 1 amide bonds. The second kappa shape index (κ2) is 12.3. The lowest BCUT2D eigenvalue weighted by atomic mass is 10.1. The van der Waals surface area contributed by atoms with Gasteiger partial charge in [0.1, 0.15) is 11.6 Å². The van der Waals surface area contributed by atoms with Crippen molar-refractivity contribution in [3.8, 4) is 6.07 Å². The van der Waals surface area contributed by atoms with Gasteiger partial charge in [-0.3, -0.25) is 4.79 Å². The summed E-state index contributed by atoms with van der Waals surface area (Å²) >= 11 is 5.96. The first kappa shape index (κ1) is 23.0. The topological polar surface area (TPSA) is 91.2 Å². The van der Waals surface area contributed by atoms with Gasteiger partial charge in [0.25, 0.3) is 5.91 Å². The third-order valence-electron chi connectivity index (χ3n) is 4.18. The Balaban J connectivity index is 1.97. The highest BCUT2D eigenvalue weighted by Crippen LogP contribution is 2.17. The van der Waals surface area contributed by atoms with Gasteiger partial charge in [-0.15, -0.1) is 0 Å². The Morgan fingerprint density at radius 1 is 1.20 bits per heavy atom. The van der Waals surface area contributed by atoms with Gasteiger partial charge >= 0.3 is 5.97 Å². The maximum atomic E-state index is 12.5. The Kier molecular flexibility index (Phi) is 9.43. The Hall–Kier alpha value is -3.30. The van der Waals surface area contributed by atoms with Crippen LogP contribution in [-0.4, -0.2) is 25.0 Å². The van der Waals surface area contributed by atoms with Gasteiger partial charge in [-0.25, -0.2) is 4.79 Å². The normalized spacial score (nSPS) is 10.8. The maximum Gasteiger partial charge on any atom is 0.340 e. The third-order valence-corrected chi connectivity index (χ3v) is 4.42. The first-order valence-electron chi connectivity index (χ1n) is 9.70. The minimum atomic E-state index is -0.610. The molecule has 0 saturated heterocycles. The first-order chi connectivity index (χ1) is 14.5. The van der Waals surface area contributed by atoms with Crippen molar-refractivity contribution in [3.63, 3.8) is 0 Å². The average molecular weight is 426 g/mol. The maximum absolute atomic E-state index is 12.5. The van der Waals surface area contributed by atoms with E-state index in [1.165, 1.54) is 6.20 Å². The van der Waals surface area contributed by atoms with Crippen molar-refractivity contribution >= 4 is 29.2 Å². The second-order valence-corrected chi connectivity index (χ2v) is 6.93. The Labute approximate surface area is 181 Å². The molecule has 2 aromatic rings. The van der Waals surface area contributed by atoms with E-state index in [1.54, 1.807) is 30.3 Å². The van der Waals surface area contributed by atoms with Gasteiger partial charge in [0.05, 0.1) is 17.9 Å². The van der Waals surface area contributed by atoms with Crippen molar-refractivity contribution in [2.75, 3.05) is 18.5 Å². The van der Waals surface area contributed by atoms with Crippen LogP contribution >= 0.6 is 11.6 Å². The van der Waals surface area contributed by atoms with Crippen LogP contribution in [0, 0.1) is 11.3 Å². The van der Waals surface area contributed by atoms with E-state index in [0.29, 0.717) is 30.3 Å². The smallest absolute Gasteiger partial charge is 0.340 e. The molecule has 0 aliphatic heterocycles. The van der Waals surface area contributed by atoms with Gasteiger partial charge in [0, 0.05) is 17.8 Å². The highest BCUT2D eigenvalue weighted by atomic mass is 35.5. The number of unbranched alkanes of at least 4 members (excludes halogenated alkanes) is 1. The quantitative estimate of drug-likeness (QED) is 0.253. The van der Waals surface area contributed by atoms with Crippen molar-refractivity contribution in [1.82, 2.24) is 5.32 Å². The van der Waals surface area contributed by atoms with Gasteiger partial charge in [-0.1, -0.05) is 49.2 Å². The largest absolute Gasteiger partial charge is 0.462 e. The molecular formula is C23H24ClN3O3. The van der Waals surface area contributed by atoms with Crippen LogP contribution in [0.2, 0.25) is 5.02 Å². The van der Waals surface area contributed by atoms with E-state index in [-0.39, 0.29) is 11.1 Å². The Morgan fingerprint density at radius 2 is 2.00 bits per heavy atom. The van der Waals surface area contributed by atoms with Crippen molar-refractivity contribution in [3.05, 3.63) is 76.5 Å². The van der Waals surface area contributed by atoms with Crippen LogP contribution in [-0.2, 0) is 16.0 Å². The van der Waals surface area contributed by atoms with E-state index >= 15 is 0 Å². The van der Waals surface area contributed by atoms with Crippen LogP contribution in [0.1, 0.15) is 35.7 Å². The van der Waals surface area contributed by atoms with Crippen molar-refractivity contribution < 1.29 is 14.3 Å². The number of esters is 1. The van der Waals surface area contributed by atoms with Crippen LogP contribution in [0.4, 0.5) is 5.69 Å². The van der Waals surface area contributed by atoms with E-state index in [9.17, 15) is 14.9 Å². The molecule has 0 atom stereocenters. The summed E-state index contributed by atoms with van der Waals surface area (Å²) in [5, 5.41) is 15.6. The van der Waals surface area contributed by atoms with Crippen LogP contribution in [0.5, 0.6) is 0 Å². The molecule has 7 heteroatoms. The monoisotopic (exact) mass is 425 g/mol. The van der Waals surface area contributed by atoms with E-state index < -0.39 is 11.9 Å². The lowest BCUT2D eigenvalue weighted by Crippen LogP contribution is -2.19. The zero-order valence-electron chi connectivity index (χ0n) is 16.8. The number of carbonyl (C=O) groups excluding carboxylic acids is 2. The zero-order valence-corrected chi connectivity index (χ0v) is 17.5. The minimum absolute atomic E-state index is 0.102. The molecule has 0 bridgehead atoms. The molecule has 0 heterocycles. The van der Waals surface area contributed by atoms with Crippen molar-refractivity contribution in [2.24, 2.45) is 0 Å². The van der Waals surface area contributed by atoms with Gasteiger partial charge < -0.3 is 15.4 Å². The third kappa shape index (κ3) is 7.26. The summed E-state index contributed by atoms with van der Waals surface area (Å²) in [4.78, 5) is 24.7. The number of nitrogens with one attached hydrogen (secondary N) is 2. The number of rotatable bonds is 10. The standard InChI is InChI=1S/C23H24ClN3O3/c1-2-3-13-30-23(29)20-9-4-5-10-21(20)27-22(28)18(15-25)16-26-12-11-17-7-6-8-19(24)14-17/h4-10,14,16,26H,2-3,11-13H2,1H3,(H,27,28)/b18-16-. The zero-order chi connectivity index (χ0) is 21.8. The molecule has 2 rings (SSSR count). The first-order valence-corrected chi connectivity index (χ1v) is 10.1. The molecule has 6 nitrogen and oxygen atoms in total. The van der Waals surface area contributed by atoms with Gasteiger partial charge in [0.15, 0.2) is 0 Å². The van der Waals surface area contributed by atoms with Crippen molar-refractivity contribution in [1.29, 1.82) is 5.26 Å². The molecule has 30 heavy (non-hydrogen) atoms. The molecule has 0 unspecified atom stereocenters. The van der Waals surface area contributed by atoms with E-state index in [1.807, 2.05) is 31.2 Å². The molecule has 2 aromatic carbocycles. The number of hydrogen-bond donors (Lipinski definition) is 2. The number of amides is 1. The molecule has 0 saturated carbocycles. The van der Waals surface area contributed by atoms with Crippen LogP contribution < -0.4 is 10.6 Å². The predicted molar refractivity (Wildman–Crippen MR) is 117 cm³/mol.